The van der Waals surface area contributed by atoms with Crippen molar-refractivity contribution in [2.75, 3.05) is 0 Å². The molecule has 2 rings (SSSR count). The predicted octanol–water partition coefficient (Wildman–Crippen LogP) is 1.72. The van der Waals surface area contributed by atoms with E-state index in [9.17, 15) is 15.3 Å². The molecule has 2 aliphatic rings. The summed E-state index contributed by atoms with van der Waals surface area (Å²) in [6, 6.07) is 0. The Kier molecular flexibility index (Phi) is 3.60. The Bertz CT molecular complexity index is 335. The third-order valence-corrected chi connectivity index (χ3v) is 5.09. The lowest BCUT2D eigenvalue weighted by Gasteiger charge is -2.37. The van der Waals surface area contributed by atoms with Crippen molar-refractivity contribution in [2.45, 2.75) is 57.8 Å². The summed E-state index contributed by atoms with van der Waals surface area (Å²) < 4.78 is 0. The molecule has 0 bridgehead atoms. The number of aliphatic hydroxyl groups excluding tert-OH is 2. The molecule has 0 aromatic heterocycles. The number of hydrogen-bond acceptors (Lipinski definition) is 3. The van der Waals surface area contributed by atoms with Crippen LogP contribution in [0.2, 0.25) is 0 Å². The minimum Gasteiger partial charge on any atom is -0.392 e. The van der Waals surface area contributed by atoms with Crippen LogP contribution in [0.15, 0.2) is 12.2 Å². The van der Waals surface area contributed by atoms with Crippen LogP contribution in [-0.2, 0) is 0 Å². The van der Waals surface area contributed by atoms with Crippen LogP contribution < -0.4 is 0 Å². The second-order valence-electron chi connectivity index (χ2n) is 6.77. The van der Waals surface area contributed by atoms with E-state index in [4.69, 9.17) is 0 Å². The lowest BCUT2D eigenvalue weighted by Crippen LogP contribution is -2.46. The Hall–Kier alpha value is -0.380. The zero-order valence-corrected chi connectivity index (χ0v) is 11.6. The van der Waals surface area contributed by atoms with Crippen LogP contribution in [0, 0.1) is 23.7 Å². The number of aliphatic hydroxyl groups is 3. The van der Waals surface area contributed by atoms with Crippen LogP contribution in [0.25, 0.3) is 0 Å². The molecule has 0 aromatic rings. The summed E-state index contributed by atoms with van der Waals surface area (Å²) >= 11 is 0. The Morgan fingerprint density at radius 2 is 1.94 bits per heavy atom. The van der Waals surface area contributed by atoms with E-state index < -0.39 is 17.8 Å². The van der Waals surface area contributed by atoms with Gasteiger partial charge in [0.2, 0.25) is 0 Å². The predicted molar refractivity (Wildman–Crippen MR) is 70.9 cm³/mol. The first-order valence-corrected chi connectivity index (χ1v) is 7.02. The summed E-state index contributed by atoms with van der Waals surface area (Å²) in [6.45, 7) is 9.92. The molecule has 2 fully saturated rings. The average Bonchev–Trinajstić information content (AvgIpc) is 2.47. The van der Waals surface area contributed by atoms with Gasteiger partial charge in [0, 0.05) is 11.8 Å². The van der Waals surface area contributed by atoms with E-state index in [0.29, 0.717) is 12.8 Å². The van der Waals surface area contributed by atoms with Gasteiger partial charge in [0.1, 0.15) is 0 Å². The molecule has 0 heterocycles. The molecule has 2 saturated carbocycles. The topological polar surface area (TPSA) is 60.7 Å². The van der Waals surface area contributed by atoms with Gasteiger partial charge in [-0.05, 0) is 38.0 Å². The fraction of sp³-hybridized carbons (Fsp3) is 0.867. The average molecular weight is 254 g/mol. The molecule has 0 amide bonds. The quantitative estimate of drug-likeness (QED) is 0.624. The van der Waals surface area contributed by atoms with Gasteiger partial charge in [0.05, 0.1) is 17.8 Å². The zero-order chi connectivity index (χ0) is 13.7. The fourth-order valence-electron chi connectivity index (χ4n) is 4.15. The maximum atomic E-state index is 10.7. The van der Waals surface area contributed by atoms with Crippen LogP contribution in [0.3, 0.4) is 0 Å². The minimum atomic E-state index is -0.843. The lowest BCUT2D eigenvalue weighted by molar-refractivity contribution is -0.0930. The Balaban J connectivity index is 2.38. The summed E-state index contributed by atoms with van der Waals surface area (Å²) in [6.07, 6.45) is 0.928. The SMILES string of the molecule is C=C1CC(O)C(C(C)C)C(O)C2C1CCC2(C)O. The first-order chi connectivity index (χ1) is 8.25. The highest BCUT2D eigenvalue weighted by Gasteiger charge is 2.53. The molecule has 6 unspecified atom stereocenters. The summed E-state index contributed by atoms with van der Waals surface area (Å²) in [5, 5.41) is 31.4. The lowest BCUT2D eigenvalue weighted by atomic mass is 9.74. The highest BCUT2D eigenvalue weighted by molar-refractivity contribution is 5.16. The first kappa shape index (κ1) is 14.0. The van der Waals surface area contributed by atoms with Gasteiger partial charge in [-0.3, -0.25) is 0 Å². The van der Waals surface area contributed by atoms with Crippen molar-refractivity contribution in [2.24, 2.45) is 23.7 Å². The third-order valence-electron chi connectivity index (χ3n) is 5.09. The number of hydrogen-bond donors (Lipinski definition) is 3. The molecule has 0 radical (unpaired) electrons. The molecule has 104 valence electrons. The Labute approximate surface area is 110 Å². The van der Waals surface area contributed by atoms with Crippen molar-refractivity contribution >= 4 is 0 Å². The molecule has 3 nitrogen and oxygen atoms in total. The summed E-state index contributed by atoms with van der Waals surface area (Å²) in [4.78, 5) is 0. The van der Waals surface area contributed by atoms with Gasteiger partial charge < -0.3 is 15.3 Å². The molecule has 0 spiro atoms. The van der Waals surface area contributed by atoms with E-state index in [1.54, 1.807) is 0 Å². The largest absolute Gasteiger partial charge is 0.392 e. The second-order valence-corrected chi connectivity index (χ2v) is 6.77. The van der Waals surface area contributed by atoms with Crippen molar-refractivity contribution in [1.82, 2.24) is 0 Å². The molecule has 0 aromatic carbocycles. The first-order valence-electron chi connectivity index (χ1n) is 7.02. The van der Waals surface area contributed by atoms with Gasteiger partial charge in [-0.15, -0.1) is 0 Å². The summed E-state index contributed by atoms with van der Waals surface area (Å²) in [5.74, 6) is -0.0257. The molecular weight excluding hydrogens is 228 g/mol. The monoisotopic (exact) mass is 254 g/mol. The van der Waals surface area contributed by atoms with Crippen molar-refractivity contribution in [3.05, 3.63) is 12.2 Å². The van der Waals surface area contributed by atoms with E-state index in [1.807, 2.05) is 20.8 Å². The van der Waals surface area contributed by atoms with E-state index in [0.717, 1.165) is 12.0 Å². The van der Waals surface area contributed by atoms with Gasteiger partial charge in [-0.1, -0.05) is 26.0 Å². The standard InChI is InChI=1S/C15H26O3/c1-8(2)12-11(16)7-9(3)10-5-6-15(4,18)13(10)14(12)17/h8,10-14,16-18H,3,5-7H2,1-2,4H3. The zero-order valence-electron chi connectivity index (χ0n) is 11.6. The van der Waals surface area contributed by atoms with Crippen LogP contribution >= 0.6 is 0 Å². The highest BCUT2D eigenvalue weighted by Crippen LogP contribution is 2.51. The molecule has 3 heteroatoms. The normalized spacial score (nSPS) is 49.3. The third kappa shape index (κ3) is 2.13. The molecule has 0 saturated heterocycles. The molecule has 18 heavy (non-hydrogen) atoms. The van der Waals surface area contributed by atoms with Gasteiger partial charge in [-0.2, -0.15) is 0 Å². The number of rotatable bonds is 1. The molecule has 0 aliphatic heterocycles. The Morgan fingerprint density at radius 3 is 2.50 bits per heavy atom. The minimum absolute atomic E-state index is 0.147. The van der Waals surface area contributed by atoms with Gasteiger partial charge >= 0.3 is 0 Å². The van der Waals surface area contributed by atoms with Gasteiger partial charge in [0.15, 0.2) is 0 Å². The van der Waals surface area contributed by atoms with E-state index in [-0.39, 0.29) is 23.7 Å². The fourth-order valence-corrected chi connectivity index (χ4v) is 4.15. The van der Waals surface area contributed by atoms with Crippen molar-refractivity contribution in [3.8, 4) is 0 Å². The van der Waals surface area contributed by atoms with E-state index in [1.165, 1.54) is 0 Å². The maximum absolute atomic E-state index is 10.7. The highest BCUT2D eigenvalue weighted by atomic mass is 16.3. The summed E-state index contributed by atoms with van der Waals surface area (Å²) in [5.41, 5.74) is 0.150. The second kappa shape index (κ2) is 4.62. The summed E-state index contributed by atoms with van der Waals surface area (Å²) in [7, 11) is 0. The molecular formula is C15H26O3. The van der Waals surface area contributed by atoms with Gasteiger partial charge in [-0.25, -0.2) is 0 Å². The smallest absolute Gasteiger partial charge is 0.0678 e. The number of fused-ring (bicyclic) bond motifs is 1. The van der Waals surface area contributed by atoms with Crippen LogP contribution in [0.1, 0.15) is 40.0 Å². The molecule has 6 atom stereocenters. The maximum Gasteiger partial charge on any atom is 0.0678 e. The van der Waals surface area contributed by atoms with Crippen molar-refractivity contribution in [3.63, 3.8) is 0 Å². The van der Waals surface area contributed by atoms with Gasteiger partial charge in [0.25, 0.3) is 0 Å². The van der Waals surface area contributed by atoms with Crippen LogP contribution in [-0.4, -0.2) is 33.1 Å². The van der Waals surface area contributed by atoms with E-state index >= 15 is 0 Å². The van der Waals surface area contributed by atoms with Crippen LogP contribution in [0.5, 0.6) is 0 Å². The Morgan fingerprint density at radius 1 is 1.33 bits per heavy atom. The molecule has 2 aliphatic carbocycles. The van der Waals surface area contributed by atoms with Crippen molar-refractivity contribution < 1.29 is 15.3 Å². The molecule has 3 N–H and O–H groups in total. The van der Waals surface area contributed by atoms with Crippen LogP contribution in [0.4, 0.5) is 0 Å². The van der Waals surface area contributed by atoms with Crippen molar-refractivity contribution in [1.29, 1.82) is 0 Å². The van der Waals surface area contributed by atoms with E-state index in [2.05, 4.69) is 6.58 Å².